The zero-order valence-corrected chi connectivity index (χ0v) is 19.8. The van der Waals surface area contributed by atoms with Gasteiger partial charge in [0, 0.05) is 24.8 Å². The zero-order chi connectivity index (χ0) is 25.1. The van der Waals surface area contributed by atoms with Gasteiger partial charge in [-0.25, -0.2) is 0 Å². The average Bonchev–Trinajstić information content (AvgIpc) is 2.78. The largest absolute Gasteiger partial charge is 0.460 e. The van der Waals surface area contributed by atoms with Gasteiger partial charge in [-0.3, -0.25) is 14.4 Å². The van der Waals surface area contributed by atoms with Crippen LogP contribution in [-0.2, 0) is 33.3 Å². The molecule has 1 aromatic rings. The highest BCUT2D eigenvalue weighted by Gasteiger charge is 2.49. The van der Waals surface area contributed by atoms with Crippen LogP contribution in [0.15, 0.2) is 24.3 Å². The lowest BCUT2D eigenvalue weighted by Gasteiger charge is -2.40. The monoisotopic (exact) mass is 482 g/mol. The Balaban J connectivity index is 2.38. The molecule has 0 aliphatic carbocycles. The summed E-state index contributed by atoms with van der Waals surface area (Å²) in [5, 5.41) is 19.3. The third-order valence-corrected chi connectivity index (χ3v) is 5.00. The van der Waals surface area contributed by atoms with E-state index in [0.29, 0.717) is 19.3 Å². The Hall–Kier alpha value is -2.69. The molecule has 1 aliphatic heterocycles. The Morgan fingerprint density at radius 2 is 1.41 bits per heavy atom. The molecule has 0 spiro atoms. The van der Waals surface area contributed by atoms with Crippen LogP contribution in [0.3, 0.4) is 0 Å². The number of benzene rings is 1. The highest BCUT2D eigenvalue weighted by molar-refractivity contribution is 5.71. The second-order valence-electron chi connectivity index (χ2n) is 7.92. The highest BCUT2D eigenvalue weighted by atomic mass is 16.7. The maximum Gasteiger partial charge on any atom is 0.306 e. The van der Waals surface area contributed by atoms with E-state index in [1.165, 1.54) is 12.1 Å². The third kappa shape index (κ3) is 7.96. The Kier molecular flexibility index (Phi) is 11.2. The minimum atomic E-state index is -1.82. The van der Waals surface area contributed by atoms with E-state index in [-0.39, 0.29) is 37.2 Å². The van der Waals surface area contributed by atoms with Crippen LogP contribution >= 0.6 is 0 Å². The van der Waals surface area contributed by atoms with E-state index in [1.807, 2.05) is 13.8 Å². The fourth-order valence-corrected chi connectivity index (χ4v) is 3.40. The minimum Gasteiger partial charge on any atom is -0.460 e. The molecule has 0 amide bonds. The van der Waals surface area contributed by atoms with Gasteiger partial charge in [-0.05, 0) is 25.3 Å². The SMILES string of the molecule is CCCC(=O)O[C@@H]1[C@@H](OC(=O)CCC)[C@H](Oc2ccccc2C(O)O)OC[C@H]1OC(=O)CCC. The lowest BCUT2D eigenvalue weighted by Crippen LogP contribution is -2.59. The molecule has 0 bridgehead atoms. The van der Waals surface area contributed by atoms with Gasteiger partial charge in [-0.15, -0.1) is 0 Å². The van der Waals surface area contributed by atoms with Crippen molar-refractivity contribution in [3.63, 3.8) is 0 Å². The van der Waals surface area contributed by atoms with Gasteiger partial charge >= 0.3 is 17.9 Å². The lowest BCUT2D eigenvalue weighted by molar-refractivity contribution is -0.261. The van der Waals surface area contributed by atoms with E-state index in [1.54, 1.807) is 19.1 Å². The Bertz CT molecular complexity index is 809. The molecular formula is C24H34O10. The standard InChI is InChI=1S/C24H34O10/c1-4-9-18(25)31-17-14-30-24(32-16-13-8-7-12-15(16)23(28)29)22(34-20(27)11-6-3)21(17)33-19(26)10-5-2/h7-8,12-13,17,21-24,28-29H,4-6,9-11,14H2,1-3H3/t17-,21+,22-,24+/m1/s1. The van der Waals surface area contributed by atoms with Crippen molar-refractivity contribution in [2.24, 2.45) is 0 Å². The summed E-state index contributed by atoms with van der Waals surface area (Å²) < 4.78 is 28.3. The molecule has 4 atom stereocenters. The Labute approximate surface area is 199 Å². The van der Waals surface area contributed by atoms with Gasteiger partial charge in [0.25, 0.3) is 0 Å². The van der Waals surface area contributed by atoms with Crippen molar-refractivity contribution in [3.05, 3.63) is 29.8 Å². The van der Waals surface area contributed by atoms with Crippen LogP contribution in [0.1, 0.15) is 71.1 Å². The molecule has 0 aromatic heterocycles. The quantitative estimate of drug-likeness (QED) is 0.260. The summed E-state index contributed by atoms with van der Waals surface area (Å²) in [6, 6.07) is 6.17. The number of hydrogen-bond acceptors (Lipinski definition) is 10. The molecule has 1 fully saturated rings. The van der Waals surface area contributed by atoms with Crippen LogP contribution in [0.5, 0.6) is 5.75 Å². The maximum absolute atomic E-state index is 12.4. The van der Waals surface area contributed by atoms with E-state index in [4.69, 9.17) is 23.7 Å². The van der Waals surface area contributed by atoms with Crippen LogP contribution in [0.2, 0.25) is 0 Å². The first-order valence-electron chi connectivity index (χ1n) is 11.6. The summed E-state index contributed by atoms with van der Waals surface area (Å²) in [4.78, 5) is 37.0. The van der Waals surface area contributed by atoms with Crippen LogP contribution < -0.4 is 4.74 Å². The first-order chi connectivity index (χ1) is 16.3. The van der Waals surface area contributed by atoms with Crippen molar-refractivity contribution in [1.82, 2.24) is 0 Å². The van der Waals surface area contributed by atoms with Crippen molar-refractivity contribution in [2.45, 2.75) is 90.2 Å². The number of aliphatic hydroxyl groups excluding tert-OH is 1. The van der Waals surface area contributed by atoms with Gasteiger partial charge in [0.05, 0.1) is 6.61 Å². The predicted molar refractivity (Wildman–Crippen MR) is 118 cm³/mol. The summed E-state index contributed by atoms with van der Waals surface area (Å²) in [6.45, 7) is 5.25. The van der Waals surface area contributed by atoms with Crippen LogP contribution in [0.4, 0.5) is 0 Å². The van der Waals surface area contributed by atoms with Gasteiger partial charge < -0.3 is 33.9 Å². The molecule has 1 aromatic carbocycles. The van der Waals surface area contributed by atoms with E-state index in [2.05, 4.69) is 0 Å². The molecule has 190 valence electrons. The molecule has 0 unspecified atom stereocenters. The summed E-state index contributed by atoms with van der Waals surface area (Å²) in [5.74, 6) is -1.54. The van der Waals surface area contributed by atoms with Crippen molar-refractivity contribution in [3.8, 4) is 5.75 Å². The van der Waals surface area contributed by atoms with Gasteiger partial charge in [-0.1, -0.05) is 39.0 Å². The Morgan fingerprint density at radius 1 is 0.882 bits per heavy atom. The maximum atomic E-state index is 12.4. The molecule has 1 aliphatic rings. The molecule has 34 heavy (non-hydrogen) atoms. The van der Waals surface area contributed by atoms with E-state index in [9.17, 15) is 24.6 Å². The minimum absolute atomic E-state index is 0.0701. The molecule has 0 radical (unpaired) electrons. The van der Waals surface area contributed by atoms with Gasteiger partial charge in [0.1, 0.15) is 5.75 Å². The number of carbonyl (C=O) groups excluding carboxylic acids is 3. The number of rotatable bonds is 12. The highest BCUT2D eigenvalue weighted by Crippen LogP contribution is 2.30. The molecule has 2 rings (SSSR count). The lowest BCUT2D eigenvalue weighted by atomic mass is 10.0. The first-order valence-corrected chi connectivity index (χ1v) is 11.6. The second kappa shape index (κ2) is 13.9. The molecule has 10 nitrogen and oxygen atoms in total. The van der Waals surface area contributed by atoms with E-state index >= 15 is 0 Å². The van der Waals surface area contributed by atoms with Crippen molar-refractivity contribution >= 4 is 17.9 Å². The van der Waals surface area contributed by atoms with Gasteiger partial charge in [-0.2, -0.15) is 0 Å². The molecule has 0 saturated carbocycles. The number of carbonyl (C=O) groups is 3. The van der Waals surface area contributed by atoms with Crippen LogP contribution in [0.25, 0.3) is 0 Å². The normalized spacial score (nSPS) is 22.2. The molecular weight excluding hydrogens is 448 g/mol. The number of hydrogen-bond donors (Lipinski definition) is 2. The van der Waals surface area contributed by atoms with Crippen molar-refractivity contribution in [1.29, 1.82) is 0 Å². The molecule has 1 heterocycles. The number of esters is 3. The van der Waals surface area contributed by atoms with E-state index in [0.717, 1.165) is 0 Å². The topological polar surface area (TPSA) is 138 Å². The Morgan fingerprint density at radius 3 is 1.97 bits per heavy atom. The molecule has 1 saturated heterocycles. The number of ether oxygens (including phenoxy) is 5. The fourth-order valence-electron chi connectivity index (χ4n) is 3.40. The fraction of sp³-hybridized carbons (Fsp3) is 0.625. The van der Waals surface area contributed by atoms with Crippen LogP contribution in [-0.4, -0.2) is 59.3 Å². The average molecular weight is 483 g/mol. The number of aliphatic hydroxyl groups is 2. The molecule has 10 heteroatoms. The summed E-state index contributed by atoms with van der Waals surface area (Å²) in [6.07, 6.45) is -4.54. The second-order valence-corrected chi connectivity index (χ2v) is 7.92. The first kappa shape index (κ1) is 27.6. The smallest absolute Gasteiger partial charge is 0.306 e. The summed E-state index contributed by atoms with van der Waals surface area (Å²) >= 11 is 0. The number of para-hydroxylation sites is 1. The summed E-state index contributed by atoms with van der Waals surface area (Å²) in [7, 11) is 0. The van der Waals surface area contributed by atoms with Crippen molar-refractivity contribution in [2.75, 3.05) is 6.61 Å². The van der Waals surface area contributed by atoms with Gasteiger partial charge in [0.15, 0.2) is 18.5 Å². The van der Waals surface area contributed by atoms with E-state index < -0.39 is 48.8 Å². The molecule has 2 N–H and O–H groups in total. The third-order valence-electron chi connectivity index (χ3n) is 5.00. The zero-order valence-electron chi connectivity index (χ0n) is 19.8. The van der Waals surface area contributed by atoms with Crippen molar-refractivity contribution < 1.29 is 48.3 Å². The summed E-state index contributed by atoms with van der Waals surface area (Å²) in [5.41, 5.74) is 0.0701. The predicted octanol–water partition coefficient (Wildman–Crippen LogP) is 2.54. The van der Waals surface area contributed by atoms with Gasteiger partial charge in [0.2, 0.25) is 12.4 Å². The van der Waals surface area contributed by atoms with Crippen LogP contribution in [0, 0.1) is 0 Å².